The lowest BCUT2D eigenvalue weighted by molar-refractivity contribution is -0.181. The second-order valence-electron chi connectivity index (χ2n) is 8.49. The van der Waals surface area contributed by atoms with E-state index in [9.17, 15) is 18.0 Å². The molecule has 4 rings (SSSR count). The number of aryl methyl sites for hydroxylation is 1. The number of anilines is 1. The summed E-state index contributed by atoms with van der Waals surface area (Å²) in [5.74, 6) is -0.369. The van der Waals surface area contributed by atoms with Crippen molar-refractivity contribution in [1.29, 1.82) is 0 Å². The summed E-state index contributed by atoms with van der Waals surface area (Å²) in [5.41, 5.74) is 2.10. The molecule has 30 heavy (non-hydrogen) atoms. The van der Waals surface area contributed by atoms with Crippen LogP contribution in [0.1, 0.15) is 48.5 Å². The van der Waals surface area contributed by atoms with E-state index in [-0.39, 0.29) is 17.5 Å². The van der Waals surface area contributed by atoms with E-state index in [0.717, 1.165) is 37.1 Å². The third-order valence-corrected chi connectivity index (χ3v) is 6.05. The predicted molar refractivity (Wildman–Crippen MR) is 105 cm³/mol. The van der Waals surface area contributed by atoms with Gasteiger partial charge in [0.05, 0.1) is 30.8 Å². The average Bonchev–Trinajstić information content (AvgIpc) is 2.72. The van der Waals surface area contributed by atoms with Crippen LogP contribution < -0.4 is 5.32 Å². The van der Waals surface area contributed by atoms with E-state index in [0.29, 0.717) is 43.9 Å². The molecule has 1 N–H and O–H groups in total. The molecule has 0 saturated heterocycles. The van der Waals surface area contributed by atoms with Crippen LogP contribution in [0.25, 0.3) is 0 Å². The fourth-order valence-electron chi connectivity index (χ4n) is 3.88. The van der Waals surface area contributed by atoms with Gasteiger partial charge < -0.3 is 10.1 Å². The molecule has 0 fully saturated rings. The Balaban J connectivity index is 1.46. The first kappa shape index (κ1) is 20.8. The quantitative estimate of drug-likeness (QED) is 0.813. The fraction of sp³-hybridized carbons (Fsp3) is 0.500. The Hall–Kier alpha value is -2.48. The van der Waals surface area contributed by atoms with E-state index >= 15 is 0 Å². The summed E-state index contributed by atoms with van der Waals surface area (Å²) < 4.78 is 45.4. The van der Waals surface area contributed by atoms with E-state index in [1.807, 2.05) is 6.07 Å². The standard InChI is InChI=1S/C22H24F3N3O2/c1-21(2,22(23,24)25)19-6-4-13-9-14(3-5-18(13)28-19)20(29)27-16-10-15-12-30-8-7-17(15)26-11-16/h4,6,10-11,14H,3,5,7-9,12H2,1-2H3,(H,27,29)/t14-/m0/s1. The Kier molecular flexibility index (Phi) is 5.30. The van der Waals surface area contributed by atoms with Gasteiger partial charge in [-0.2, -0.15) is 13.2 Å². The third kappa shape index (κ3) is 3.93. The maximum absolute atomic E-state index is 13.3. The van der Waals surface area contributed by atoms with Crippen LogP contribution in [0.4, 0.5) is 18.9 Å². The molecular weight excluding hydrogens is 395 g/mol. The molecule has 2 aliphatic rings. The molecule has 1 aliphatic carbocycles. The van der Waals surface area contributed by atoms with Crippen LogP contribution in [0.15, 0.2) is 24.4 Å². The molecule has 2 aromatic rings. The zero-order chi connectivity index (χ0) is 21.5. The first-order valence-electron chi connectivity index (χ1n) is 10.1. The van der Waals surface area contributed by atoms with E-state index in [1.54, 1.807) is 12.3 Å². The Morgan fingerprint density at radius 2 is 1.97 bits per heavy atom. The number of amides is 1. The monoisotopic (exact) mass is 419 g/mol. The third-order valence-electron chi connectivity index (χ3n) is 6.05. The van der Waals surface area contributed by atoms with Gasteiger partial charge in [-0.05, 0) is 50.8 Å². The van der Waals surface area contributed by atoms with Crippen molar-refractivity contribution in [1.82, 2.24) is 9.97 Å². The van der Waals surface area contributed by atoms with Crippen LogP contribution >= 0.6 is 0 Å². The Bertz CT molecular complexity index is 973. The minimum absolute atomic E-state index is 0.0130. The SMILES string of the molecule is CC(C)(c1ccc2c(n1)CC[C@H](C(=O)Nc1cnc3c(c1)COCC3)C2)C(F)(F)F. The van der Waals surface area contributed by atoms with Gasteiger partial charge in [0.1, 0.15) is 5.41 Å². The summed E-state index contributed by atoms with van der Waals surface area (Å²) in [7, 11) is 0. The summed E-state index contributed by atoms with van der Waals surface area (Å²) in [6.07, 6.45) is -0.467. The number of nitrogens with one attached hydrogen (secondary N) is 1. The number of carbonyl (C=O) groups is 1. The van der Waals surface area contributed by atoms with E-state index < -0.39 is 11.6 Å². The van der Waals surface area contributed by atoms with Crippen molar-refractivity contribution in [2.45, 2.75) is 57.7 Å². The minimum Gasteiger partial charge on any atom is -0.376 e. The molecule has 0 spiro atoms. The normalized spacial score (nSPS) is 19.0. The second kappa shape index (κ2) is 7.65. The van der Waals surface area contributed by atoms with Crippen molar-refractivity contribution in [3.8, 4) is 0 Å². The van der Waals surface area contributed by atoms with Gasteiger partial charge in [-0.1, -0.05) is 6.07 Å². The van der Waals surface area contributed by atoms with E-state index in [1.165, 1.54) is 6.07 Å². The molecule has 1 atom stereocenters. The lowest BCUT2D eigenvalue weighted by Gasteiger charge is -2.29. The Labute approximate surface area is 173 Å². The number of nitrogens with zero attached hydrogens (tertiary/aromatic N) is 2. The highest BCUT2D eigenvalue weighted by Gasteiger charge is 2.49. The smallest absolute Gasteiger partial charge is 0.376 e. The van der Waals surface area contributed by atoms with Gasteiger partial charge in [-0.25, -0.2) is 0 Å². The van der Waals surface area contributed by atoms with Crippen molar-refractivity contribution in [3.63, 3.8) is 0 Å². The lowest BCUT2D eigenvalue weighted by atomic mass is 9.83. The number of hydrogen-bond donors (Lipinski definition) is 1. The zero-order valence-electron chi connectivity index (χ0n) is 17.0. The summed E-state index contributed by atoms with van der Waals surface area (Å²) in [4.78, 5) is 21.5. The Morgan fingerprint density at radius 1 is 1.17 bits per heavy atom. The molecule has 5 nitrogen and oxygen atoms in total. The Morgan fingerprint density at radius 3 is 2.73 bits per heavy atom. The van der Waals surface area contributed by atoms with Crippen molar-refractivity contribution in [2.24, 2.45) is 5.92 Å². The zero-order valence-corrected chi connectivity index (χ0v) is 17.0. The van der Waals surface area contributed by atoms with Crippen LogP contribution in [0, 0.1) is 5.92 Å². The molecule has 0 saturated carbocycles. The molecule has 3 heterocycles. The highest BCUT2D eigenvalue weighted by atomic mass is 19.4. The molecule has 0 unspecified atom stereocenters. The van der Waals surface area contributed by atoms with E-state index in [2.05, 4.69) is 15.3 Å². The number of ether oxygens (including phenoxy) is 1. The van der Waals surface area contributed by atoms with E-state index in [4.69, 9.17) is 4.74 Å². The second-order valence-corrected chi connectivity index (χ2v) is 8.49. The number of carbonyl (C=O) groups excluding carboxylic acids is 1. The number of fused-ring (bicyclic) bond motifs is 2. The molecular formula is C22H24F3N3O2. The van der Waals surface area contributed by atoms with Gasteiger partial charge in [0.2, 0.25) is 5.91 Å². The largest absolute Gasteiger partial charge is 0.399 e. The number of halogens is 3. The summed E-state index contributed by atoms with van der Waals surface area (Å²) in [5, 5.41) is 2.92. The van der Waals surface area contributed by atoms with Gasteiger partial charge in [0.15, 0.2) is 0 Å². The first-order valence-corrected chi connectivity index (χ1v) is 10.1. The van der Waals surface area contributed by atoms with Crippen molar-refractivity contribution < 1.29 is 22.7 Å². The number of alkyl halides is 3. The van der Waals surface area contributed by atoms with Gasteiger partial charge in [-0.3, -0.25) is 14.8 Å². The number of pyridine rings is 2. The topological polar surface area (TPSA) is 64.1 Å². The molecule has 0 aromatic carbocycles. The van der Waals surface area contributed by atoms with Gasteiger partial charge >= 0.3 is 6.18 Å². The van der Waals surface area contributed by atoms with Crippen LogP contribution in [-0.2, 0) is 40.8 Å². The highest BCUT2D eigenvalue weighted by Crippen LogP contribution is 2.40. The molecule has 8 heteroatoms. The van der Waals surface area contributed by atoms with Gasteiger partial charge in [0.25, 0.3) is 0 Å². The van der Waals surface area contributed by atoms with Crippen LogP contribution in [0.5, 0.6) is 0 Å². The molecule has 1 aliphatic heterocycles. The van der Waals surface area contributed by atoms with Crippen molar-refractivity contribution in [3.05, 3.63) is 52.6 Å². The van der Waals surface area contributed by atoms with Crippen LogP contribution in [0.3, 0.4) is 0 Å². The molecule has 2 aromatic heterocycles. The van der Waals surface area contributed by atoms with Crippen molar-refractivity contribution in [2.75, 3.05) is 11.9 Å². The molecule has 1 amide bonds. The number of aromatic nitrogens is 2. The van der Waals surface area contributed by atoms with Crippen LogP contribution in [0.2, 0.25) is 0 Å². The van der Waals surface area contributed by atoms with Crippen LogP contribution in [-0.4, -0.2) is 28.7 Å². The molecule has 0 radical (unpaired) electrons. The molecule has 160 valence electrons. The lowest BCUT2D eigenvalue weighted by Crippen LogP contribution is -2.38. The maximum Gasteiger partial charge on any atom is 0.399 e. The number of hydrogen-bond acceptors (Lipinski definition) is 4. The molecule has 0 bridgehead atoms. The van der Waals surface area contributed by atoms with Gasteiger partial charge in [-0.15, -0.1) is 0 Å². The van der Waals surface area contributed by atoms with Crippen molar-refractivity contribution >= 4 is 11.6 Å². The summed E-state index contributed by atoms with van der Waals surface area (Å²) >= 11 is 0. The minimum atomic E-state index is -4.38. The summed E-state index contributed by atoms with van der Waals surface area (Å²) in [6.45, 7) is 3.42. The number of rotatable bonds is 3. The predicted octanol–water partition coefficient (Wildman–Crippen LogP) is 4.13. The highest BCUT2D eigenvalue weighted by molar-refractivity contribution is 5.92. The summed E-state index contributed by atoms with van der Waals surface area (Å²) in [6, 6.07) is 5.01. The average molecular weight is 419 g/mol. The maximum atomic E-state index is 13.3. The van der Waals surface area contributed by atoms with Gasteiger partial charge in [0, 0.05) is 29.3 Å². The first-order chi connectivity index (χ1) is 14.1. The fourth-order valence-corrected chi connectivity index (χ4v) is 3.88.